The fourth-order valence-corrected chi connectivity index (χ4v) is 1.77. The number of nitrogens with two attached hydrogens (primary N) is 1. The first-order valence-electron chi connectivity index (χ1n) is 6.61. The number of nitrogens with zero attached hydrogens (tertiary/aromatic N) is 2. The van der Waals surface area contributed by atoms with Crippen LogP contribution in [-0.2, 0) is 0 Å². The van der Waals surface area contributed by atoms with Gasteiger partial charge in [-0.15, -0.1) is 0 Å². The van der Waals surface area contributed by atoms with Crippen molar-refractivity contribution in [2.75, 3.05) is 13.7 Å². The van der Waals surface area contributed by atoms with Gasteiger partial charge >= 0.3 is 5.69 Å². The van der Waals surface area contributed by atoms with Crippen molar-refractivity contribution < 1.29 is 14.4 Å². The van der Waals surface area contributed by atoms with Crippen LogP contribution in [0.1, 0.15) is 26.2 Å². The molecule has 0 radical (unpaired) electrons. The van der Waals surface area contributed by atoms with Gasteiger partial charge in [-0.1, -0.05) is 6.92 Å². The topological polar surface area (TPSA) is 111 Å². The van der Waals surface area contributed by atoms with E-state index in [9.17, 15) is 10.1 Å². The van der Waals surface area contributed by atoms with Gasteiger partial charge in [0.2, 0.25) is 5.75 Å². The molecule has 21 heavy (non-hydrogen) atoms. The lowest BCUT2D eigenvalue weighted by Gasteiger charge is -2.18. The van der Waals surface area contributed by atoms with Crippen LogP contribution in [0.5, 0.6) is 11.5 Å². The maximum Gasteiger partial charge on any atom is 0.311 e. The number of ether oxygens (including phenoxy) is 2. The first kappa shape index (κ1) is 16.7. The van der Waals surface area contributed by atoms with Crippen molar-refractivity contribution in [3.8, 4) is 17.6 Å². The van der Waals surface area contributed by atoms with E-state index in [1.807, 2.05) is 6.92 Å². The molecule has 1 atom stereocenters. The summed E-state index contributed by atoms with van der Waals surface area (Å²) < 4.78 is 10.5. The Bertz CT molecular complexity index is 542. The first-order chi connectivity index (χ1) is 9.95. The Morgan fingerprint density at radius 3 is 2.76 bits per heavy atom. The van der Waals surface area contributed by atoms with Crippen LogP contribution in [0.4, 0.5) is 5.69 Å². The van der Waals surface area contributed by atoms with Crippen LogP contribution in [0.25, 0.3) is 0 Å². The molecule has 0 bridgehead atoms. The summed E-state index contributed by atoms with van der Waals surface area (Å²) in [7, 11) is 1.47. The quantitative estimate of drug-likeness (QED) is 0.447. The number of nitro groups is 1. The van der Waals surface area contributed by atoms with Crippen molar-refractivity contribution in [1.82, 2.24) is 0 Å². The third kappa shape index (κ3) is 4.61. The van der Waals surface area contributed by atoms with Gasteiger partial charge in [-0.2, -0.15) is 5.26 Å². The second kappa shape index (κ2) is 7.45. The highest BCUT2D eigenvalue weighted by Crippen LogP contribution is 2.31. The Morgan fingerprint density at radius 2 is 2.24 bits per heavy atom. The molecule has 1 aromatic carbocycles. The van der Waals surface area contributed by atoms with Gasteiger partial charge in [0, 0.05) is 12.1 Å². The summed E-state index contributed by atoms with van der Waals surface area (Å²) in [5.41, 5.74) is 4.86. The molecule has 0 aliphatic rings. The second-order valence-electron chi connectivity index (χ2n) is 4.66. The number of benzene rings is 1. The first-order valence-corrected chi connectivity index (χ1v) is 6.61. The standard InChI is InChI=1S/C14H19N3O4/c1-3-14(16,10-15)7-4-8-21-13-9-11(20-2)5-6-12(13)17(18)19/h5-6,9H,3-4,7-8,16H2,1-2H3. The van der Waals surface area contributed by atoms with Crippen molar-refractivity contribution in [2.45, 2.75) is 31.7 Å². The lowest BCUT2D eigenvalue weighted by molar-refractivity contribution is -0.385. The van der Waals surface area contributed by atoms with Crippen molar-refractivity contribution in [2.24, 2.45) is 5.73 Å². The Hall–Kier alpha value is -2.33. The Kier molecular flexibility index (Phi) is 5.93. The molecule has 1 unspecified atom stereocenters. The Morgan fingerprint density at radius 1 is 1.52 bits per heavy atom. The molecule has 1 rings (SSSR count). The predicted molar refractivity (Wildman–Crippen MR) is 77.2 cm³/mol. The van der Waals surface area contributed by atoms with Crippen LogP contribution in [0.2, 0.25) is 0 Å². The minimum Gasteiger partial charge on any atom is -0.497 e. The molecule has 0 saturated carbocycles. The number of hydrogen-bond donors (Lipinski definition) is 1. The molecule has 0 aliphatic carbocycles. The molecule has 0 fully saturated rings. The van der Waals surface area contributed by atoms with Gasteiger partial charge in [0.1, 0.15) is 11.3 Å². The zero-order valence-corrected chi connectivity index (χ0v) is 12.2. The van der Waals surface area contributed by atoms with Gasteiger partial charge in [-0.05, 0) is 25.3 Å². The van der Waals surface area contributed by atoms with E-state index in [1.165, 1.54) is 25.3 Å². The number of methoxy groups -OCH3 is 1. The van der Waals surface area contributed by atoms with E-state index in [1.54, 1.807) is 0 Å². The van der Waals surface area contributed by atoms with Gasteiger partial charge in [0.05, 0.1) is 24.7 Å². The fourth-order valence-electron chi connectivity index (χ4n) is 1.77. The Balaban J connectivity index is 2.67. The number of rotatable bonds is 8. The molecule has 0 aliphatic heterocycles. The molecule has 0 aromatic heterocycles. The van der Waals surface area contributed by atoms with Crippen LogP contribution >= 0.6 is 0 Å². The Labute approximate surface area is 123 Å². The van der Waals surface area contributed by atoms with Gasteiger partial charge in [-0.3, -0.25) is 10.1 Å². The summed E-state index contributed by atoms with van der Waals surface area (Å²) in [4.78, 5) is 10.4. The molecule has 2 N–H and O–H groups in total. The van der Waals surface area contributed by atoms with Crippen LogP contribution in [0.3, 0.4) is 0 Å². The van der Waals surface area contributed by atoms with Gasteiger partial charge in [0.25, 0.3) is 0 Å². The number of hydrogen-bond acceptors (Lipinski definition) is 6. The third-order valence-corrected chi connectivity index (χ3v) is 3.24. The maximum atomic E-state index is 10.9. The summed E-state index contributed by atoms with van der Waals surface area (Å²) in [5.74, 6) is 0.629. The SMILES string of the molecule is CCC(N)(C#N)CCCOc1cc(OC)ccc1[N+](=O)[O-]. The zero-order valence-electron chi connectivity index (χ0n) is 12.2. The zero-order chi connectivity index (χ0) is 15.9. The van der Waals surface area contributed by atoms with Crippen molar-refractivity contribution in [3.63, 3.8) is 0 Å². The lowest BCUT2D eigenvalue weighted by atomic mass is 9.94. The monoisotopic (exact) mass is 293 g/mol. The van der Waals surface area contributed by atoms with E-state index in [-0.39, 0.29) is 18.0 Å². The minimum absolute atomic E-state index is 0.120. The van der Waals surface area contributed by atoms with Crippen LogP contribution in [0, 0.1) is 21.4 Å². The average molecular weight is 293 g/mol. The molecule has 0 heterocycles. The van der Waals surface area contributed by atoms with E-state index >= 15 is 0 Å². The number of nitriles is 1. The molecule has 0 saturated heterocycles. The summed E-state index contributed by atoms with van der Waals surface area (Å²) >= 11 is 0. The van der Waals surface area contributed by atoms with E-state index in [4.69, 9.17) is 20.5 Å². The molecule has 1 aromatic rings. The molecular formula is C14H19N3O4. The van der Waals surface area contributed by atoms with Crippen molar-refractivity contribution in [3.05, 3.63) is 28.3 Å². The molecule has 0 spiro atoms. The smallest absolute Gasteiger partial charge is 0.311 e. The summed E-state index contributed by atoms with van der Waals surface area (Å²) in [6, 6.07) is 6.38. The lowest BCUT2D eigenvalue weighted by Crippen LogP contribution is -2.37. The van der Waals surface area contributed by atoms with Crippen molar-refractivity contribution >= 4 is 5.69 Å². The molecular weight excluding hydrogens is 274 g/mol. The molecule has 0 amide bonds. The van der Waals surface area contributed by atoms with Crippen LogP contribution in [-0.4, -0.2) is 24.2 Å². The molecule has 7 nitrogen and oxygen atoms in total. The van der Waals surface area contributed by atoms with E-state index in [0.717, 1.165) is 0 Å². The highest BCUT2D eigenvalue weighted by molar-refractivity contribution is 5.50. The average Bonchev–Trinajstić information content (AvgIpc) is 2.50. The summed E-state index contributed by atoms with van der Waals surface area (Å²) in [5, 5.41) is 19.9. The van der Waals surface area contributed by atoms with Crippen molar-refractivity contribution in [1.29, 1.82) is 5.26 Å². The molecule has 7 heteroatoms. The predicted octanol–water partition coefficient (Wildman–Crippen LogP) is 2.39. The van der Waals surface area contributed by atoms with E-state index in [0.29, 0.717) is 25.0 Å². The van der Waals surface area contributed by atoms with Crippen LogP contribution < -0.4 is 15.2 Å². The maximum absolute atomic E-state index is 10.9. The van der Waals surface area contributed by atoms with Gasteiger partial charge in [-0.25, -0.2) is 0 Å². The molecule has 114 valence electrons. The minimum atomic E-state index is -0.871. The second-order valence-corrected chi connectivity index (χ2v) is 4.66. The fraction of sp³-hybridized carbons (Fsp3) is 0.500. The van der Waals surface area contributed by atoms with Gasteiger partial charge < -0.3 is 15.2 Å². The van der Waals surface area contributed by atoms with E-state index < -0.39 is 10.5 Å². The highest BCUT2D eigenvalue weighted by atomic mass is 16.6. The highest BCUT2D eigenvalue weighted by Gasteiger charge is 2.22. The third-order valence-electron chi connectivity index (χ3n) is 3.24. The number of nitro benzene ring substituents is 1. The van der Waals surface area contributed by atoms with Gasteiger partial charge in [0.15, 0.2) is 0 Å². The largest absolute Gasteiger partial charge is 0.497 e. The summed E-state index contributed by atoms with van der Waals surface area (Å²) in [6.45, 7) is 2.09. The summed E-state index contributed by atoms with van der Waals surface area (Å²) in [6.07, 6.45) is 1.55. The van der Waals surface area contributed by atoms with E-state index in [2.05, 4.69) is 6.07 Å². The normalized spacial score (nSPS) is 13.0. The van der Waals surface area contributed by atoms with Crippen LogP contribution in [0.15, 0.2) is 18.2 Å².